The third kappa shape index (κ3) is 0.930. The van der Waals surface area contributed by atoms with Crippen molar-refractivity contribution < 1.29 is 14.6 Å². The van der Waals surface area contributed by atoms with Crippen LogP contribution in [0.3, 0.4) is 0 Å². The number of hydrogen-bond donors (Lipinski definition) is 1. The predicted octanol–water partition coefficient (Wildman–Crippen LogP) is 2.29. The van der Waals surface area contributed by atoms with Gasteiger partial charge in [-0.05, 0) is 36.1 Å². The van der Waals surface area contributed by atoms with Gasteiger partial charge in [-0.1, -0.05) is 6.07 Å². The first kappa shape index (κ1) is 8.00. The zero-order valence-corrected chi connectivity index (χ0v) is 7.56. The molecule has 3 nitrogen and oxygen atoms in total. The van der Waals surface area contributed by atoms with Gasteiger partial charge in [-0.3, -0.25) is 0 Å². The fraction of sp³-hybridized carbons (Fsp3) is 0.364. The molecule has 1 saturated heterocycles. The summed E-state index contributed by atoms with van der Waals surface area (Å²) in [5, 5.41) is 8.85. The molecule has 2 atom stereocenters. The zero-order chi connectivity index (χ0) is 9.71. The largest absolute Gasteiger partial charge is 0.478 e. The number of carboxylic acids is 1. The van der Waals surface area contributed by atoms with Gasteiger partial charge in [-0.15, -0.1) is 0 Å². The van der Waals surface area contributed by atoms with Crippen LogP contribution in [0.25, 0.3) is 0 Å². The summed E-state index contributed by atoms with van der Waals surface area (Å²) in [6, 6.07) is 5.30. The quantitative estimate of drug-likeness (QED) is 0.739. The monoisotopic (exact) mass is 190 g/mol. The highest BCUT2D eigenvalue weighted by Gasteiger charge is 2.37. The molecule has 3 rings (SSSR count). The Balaban J connectivity index is 2.12. The molecule has 0 spiro atoms. The molecule has 2 heterocycles. The van der Waals surface area contributed by atoms with Crippen molar-refractivity contribution in [2.45, 2.75) is 25.0 Å². The lowest BCUT2D eigenvalue weighted by atomic mass is 9.90. The Hall–Kier alpha value is -1.35. The lowest BCUT2D eigenvalue weighted by Crippen LogP contribution is -2.02. The third-order valence-corrected chi connectivity index (χ3v) is 3.05. The van der Waals surface area contributed by atoms with Gasteiger partial charge in [0.05, 0.1) is 17.8 Å². The van der Waals surface area contributed by atoms with E-state index in [0.717, 1.165) is 18.4 Å². The maximum absolute atomic E-state index is 10.8. The Bertz CT molecular complexity index is 411. The van der Waals surface area contributed by atoms with E-state index in [0.29, 0.717) is 5.56 Å². The Morgan fingerprint density at radius 2 is 2.00 bits per heavy atom. The molecule has 0 aliphatic carbocycles. The molecule has 1 fully saturated rings. The Morgan fingerprint density at radius 3 is 2.71 bits per heavy atom. The van der Waals surface area contributed by atoms with Gasteiger partial charge in [-0.2, -0.15) is 0 Å². The number of hydrogen-bond acceptors (Lipinski definition) is 2. The van der Waals surface area contributed by atoms with Gasteiger partial charge in [0.1, 0.15) is 0 Å². The van der Waals surface area contributed by atoms with Crippen LogP contribution in [0.2, 0.25) is 0 Å². The molecule has 2 unspecified atom stereocenters. The fourth-order valence-electron chi connectivity index (χ4n) is 2.37. The van der Waals surface area contributed by atoms with Crippen molar-refractivity contribution in [1.29, 1.82) is 0 Å². The highest BCUT2D eigenvalue weighted by Crippen LogP contribution is 2.50. The minimum absolute atomic E-state index is 0.147. The maximum atomic E-state index is 10.8. The molecule has 1 aromatic rings. The van der Waals surface area contributed by atoms with Gasteiger partial charge in [0.25, 0.3) is 0 Å². The van der Waals surface area contributed by atoms with Crippen LogP contribution in [0.5, 0.6) is 0 Å². The summed E-state index contributed by atoms with van der Waals surface area (Å²) in [6.45, 7) is 0. The van der Waals surface area contributed by atoms with Crippen molar-refractivity contribution in [3.63, 3.8) is 0 Å². The second-order valence-corrected chi connectivity index (χ2v) is 3.84. The third-order valence-electron chi connectivity index (χ3n) is 3.05. The average molecular weight is 190 g/mol. The molecule has 0 saturated carbocycles. The summed E-state index contributed by atoms with van der Waals surface area (Å²) in [5.41, 5.74) is 2.63. The Labute approximate surface area is 81.3 Å². The number of carboxylic acid groups (broad SMARTS) is 1. The van der Waals surface area contributed by atoms with Crippen molar-refractivity contribution in [2.24, 2.45) is 0 Å². The fourth-order valence-corrected chi connectivity index (χ4v) is 2.37. The first-order valence-corrected chi connectivity index (χ1v) is 4.78. The highest BCUT2D eigenvalue weighted by atomic mass is 16.5. The van der Waals surface area contributed by atoms with Gasteiger partial charge in [0, 0.05) is 0 Å². The Kier molecular flexibility index (Phi) is 1.47. The molecule has 1 N–H and O–H groups in total. The second kappa shape index (κ2) is 2.58. The number of rotatable bonds is 1. The molecule has 72 valence electrons. The maximum Gasteiger partial charge on any atom is 0.335 e. The number of aromatic carboxylic acids is 1. The van der Waals surface area contributed by atoms with E-state index in [4.69, 9.17) is 9.84 Å². The highest BCUT2D eigenvalue weighted by molar-refractivity contribution is 5.88. The van der Waals surface area contributed by atoms with Crippen molar-refractivity contribution in [3.05, 3.63) is 34.9 Å². The number of fused-ring (bicyclic) bond motifs is 5. The molecule has 0 aromatic heterocycles. The second-order valence-electron chi connectivity index (χ2n) is 3.84. The normalized spacial score (nSPS) is 27.7. The molecular formula is C11H10O3. The van der Waals surface area contributed by atoms with Crippen LogP contribution < -0.4 is 0 Å². The molecule has 0 radical (unpaired) electrons. The summed E-state index contributed by atoms with van der Waals surface area (Å²) in [4.78, 5) is 10.8. The first-order chi connectivity index (χ1) is 6.75. The molecule has 14 heavy (non-hydrogen) atoms. The van der Waals surface area contributed by atoms with E-state index in [2.05, 4.69) is 0 Å². The topological polar surface area (TPSA) is 46.5 Å². The molecule has 1 aromatic carbocycles. The molecule has 2 aliphatic heterocycles. The first-order valence-electron chi connectivity index (χ1n) is 4.78. The van der Waals surface area contributed by atoms with Crippen LogP contribution >= 0.6 is 0 Å². The number of carbonyl (C=O) groups is 1. The molecule has 2 bridgehead atoms. The van der Waals surface area contributed by atoms with Crippen molar-refractivity contribution >= 4 is 5.97 Å². The van der Waals surface area contributed by atoms with E-state index < -0.39 is 5.97 Å². The van der Waals surface area contributed by atoms with Crippen LogP contribution in [-0.2, 0) is 4.74 Å². The lowest BCUT2D eigenvalue weighted by Gasteiger charge is -2.11. The number of benzene rings is 1. The van der Waals surface area contributed by atoms with E-state index in [-0.39, 0.29) is 12.2 Å². The summed E-state index contributed by atoms with van der Waals surface area (Å²) in [7, 11) is 0. The van der Waals surface area contributed by atoms with Gasteiger partial charge < -0.3 is 9.84 Å². The van der Waals surface area contributed by atoms with Gasteiger partial charge in [0.2, 0.25) is 0 Å². The smallest absolute Gasteiger partial charge is 0.335 e. The van der Waals surface area contributed by atoms with Gasteiger partial charge in [-0.25, -0.2) is 4.79 Å². The minimum atomic E-state index is -0.865. The lowest BCUT2D eigenvalue weighted by molar-refractivity contribution is 0.0695. The standard InChI is InChI=1S/C11H10O3/c12-11(13)6-1-2-7-8(5-6)10-4-3-9(7)14-10/h1-2,5,9-10H,3-4H2,(H,12,13). The van der Waals surface area contributed by atoms with Gasteiger partial charge in [0.15, 0.2) is 0 Å². The number of ether oxygens (including phenoxy) is 1. The molecule has 0 amide bonds. The van der Waals surface area contributed by atoms with Crippen LogP contribution in [0, 0.1) is 0 Å². The molecule has 2 aliphatic rings. The van der Waals surface area contributed by atoms with E-state index in [1.165, 1.54) is 5.56 Å². The van der Waals surface area contributed by atoms with Crippen molar-refractivity contribution in [3.8, 4) is 0 Å². The summed E-state index contributed by atoms with van der Waals surface area (Å²) >= 11 is 0. The van der Waals surface area contributed by atoms with Crippen LogP contribution in [-0.4, -0.2) is 11.1 Å². The SMILES string of the molecule is O=C(O)c1ccc2c(c1)C1CCC2O1. The van der Waals surface area contributed by atoms with Crippen LogP contribution in [0.4, 0.5) is 0 Å². The summed E-state index contributed by atoms with van der Waals surface area (Å²) in [5.74, 6) is -0.865. The van der Waals surface area contributed by atoms with Gasteiger partial charge >= 0.3 is 5.97 Å². The molecule has 3 heteroatoms. The summed E-state index contributed by atoms with van der Waals surface area (Å²) < 4.78 is 5.68. The van der Waals surface area contributed by atoms with Crippen LogP contribution in [0.1, 0.15) is 46.5 Å². The van der Waals surface area contributed by atoms with E-state index in [1.807, 2.05) is 6.07 Å². The van der Waals surface area contributed by atoms with E-state index in [9.17, 15) is 4.79 Å². The zero-order valence-electron chi connectivity index (χ0n) is 7.56. The molecular weight excluding hydrogens is 180 g/mol. The summed E-state index contributed by atoms with van der Waals surface area (Å²) in [6.07, 6.45) is 2.47. The van der Waals surface area contributed by atoms with E-state index >= 15 is 0 Å². The average Bonchev–Trinajstić information content (AvgIpc) is 2.77. The predicted molar refractivity (Wildman–Crippen MR) is 49.2 cm³/mol. The van der Waals surface area contributed by atoms with Crippen molar-refractivity contribution in [2.75, 3.05) is 0 Å². The Morgan fingerprint density at radius 1 is 1.29 bits per heavy atom. The minimum Gasteiger partial charge on any atom is -0.478 e. The van der Waals surface area contributed by atoms with Crippen molar-refractivity contribution in [1.82, 2.24) is 0 Å². The van der Waals surface area contributed by atoms with Crippen LogP contribution in [0.15, 0.2) is 18.2 Å². The van der Waals surface area contributed by atoms with E-state index in [1.54, 1.807) is 12.1 Å².